The van der Waals surface area contributed by atoms with E-state index in [9.17, 15) is 0 Å². The van der Waals surface area contributed by atoms with Gasteiger partial charge in [0.15, 0.2) is 0 Å². The molecule has 2 N–H and O–H groups in total. The molecule has 0 aromatic heterocycles. The van der Waals surface area contributed by atoms with Crippen LogP contribution in [0.3, 0.4) is 0 Å². The monoisotopic (exact) mass is 172 g/mol. The predicted octanol–water partition coefficient (Wildman–Crippen LogP) is 1.62. The van der Waals surface area contributed by atoms with E-state index in [-0.39, 0.29) is 0 Å². The van der Waals surface area contributed by atoms with Crippen LogP contribution >= 0.6 is 0 Å². The van der Waals surface area contributed by atoms with Crippen molar-refractivity contribution < 1.29 is 0 Å². The first-order chi connectivity index (χ1) is 5.77. The van der Waals surface area contributed by atoms with Crippen molar-refractivity contribution >= 4 is 0 Å². The SMILES string of the molecule is CC.CCNCC1(C)CCNC1. The van der Waals surface area contributed by atoms with Crippen LogP contribution < -0.4 is 10.6 Å². The Morgan fingerprint density at radius 1 is 1.42 bits per heavy atom. The van der Waals surface area contributed by atoms with Crippen LogP contribution in [0.1, 0.15) is 34.1 Å². The quantitative estimate of drug-likeness (QED) is 0.676. The second-order valence-corrected chi connectivity index (χ2v) is 3.52. The van der Waals surface area contributed by atoms with Crippen LogP contribution in [0.5, 0.6) is 0 Å². The van der Waals surface area contributed by atoms with Crippen molar-refractivity contribution in [2.45, 2.75) is 34.1 Å². The molecule has 1 fully saturated rings. The minimum atomic E-state index is 0.524. The summed E-state index contributed by atoms with van der Waals surface area (Å²) < 4.78 is 0. The molecule has 0 bridgehead atoms. The van der Waals surface area contributed by atoms with Gasteiger partial charge in [0.1, 0.15) is 0 Å². The molecule has 2 heteroatoms. The Labute approximate surface area is 77.1 Å². The van der Waals surface area contributed by atoms with Crippen molar-refractivity contribution in [3.05, 3.63) is 0 Å². The van der Waals surface area contributed by atoms with E-state index in [1.807, 2.05) is 13.8 Å². The lowest BCUT2D eigenvalue weighted by Crippen LogP contribution is -2.33. The standard InChI is InChI=1S/C8H18N2.C2H6/c1-3-9-6-8(2)4-5-10-7-8;1-2/h9-10H,3-7H2,1-2H3;1-2H3. The number of hydrogen-bond acceptors (Lipinski definition) is 2. The van der Waals surface area contributed by atoms with Gasteiger partial charge in [-0.15, -0.1) is 0 Å². The fourth-order valence-corrected chi connectivity index (χ4v) is 1.45. The summed E-state index contributed by atoms with van der Waals surface area (Å²) in [6.45, 7) is 13.1. The van der Waals surface area contributed by atoms with Gasteiger partial charge in [-0.1, -0.05) is 27.7 Å². The molecule has 0 radical (unpaired) electrons. The molecule has 0 aromatic carbocycles. The molecule has 0 saturated carbocycles. The normalized spacial score (nSPS) is 28.0. The maximum absolute atomic E-state index is 3.39. The molecular formula is C10H24N2. The highest BCUT2D eigenvalue weighted by atomic mass is 15.0. The summed E-state index contributed by atoms with van der Waals surface area (Å²) in [6.07, 6.45) is 1.32. The minimum Gasteiger partial charge on any atom is -0.316 e. The van der Waals surface area contributed by atoms with Crippen LogP contribution in [-0.4, -0.2) is 26.2 Å². The number of hydrogen-bond donors (Lipinski definition) is 2. The van der Waals surface area contributed by atoms with E-state index < -0.39 is 0 Å². The van der Waals surface area contributed by atoms with Gasteiger partial charge in [-0.05, 0) is 24.9 Å². The Bertz CT molecular complexity index is 96.0. The number of nitrogens with one attached hydrogen (secondary N) is 2. The van der Waals surface area contributed by atoms with Gasteiger partial charge < -0.3 is 10.6 Å². The Kier molecular flexibility index (Phi) is 6.39. The van der Waals surface area contributed by atoms with Crippen molar-refractivity contribution in [2.24, 2.45) is 5.41 Å². The lowest BCUT2D eigenvalue weighted by atomic mass is 9.90. The molecule has 1 unspecified atom stereocenters. The maximum Gasteiger partial charge on any atom is 0.00178 e. The molecular weight excluding hydrogens is 148 g/mol. The van der Waals surface area contributed by atoms with Gasteiger partial charge in [-0.3, -0.25) is 0 Å². The third-order valence-corrected chi connectivity index (χ3v) is 2.26. The van der Waals surface area contributed by atoms with Gasteiger partial charge in [0.2, 0.25) is 0 Å². The van der Waals surface area contributed by atoms with Crippen LogP contribution in [0, 0.1) is 5.41 Å². The Morgan fingerprint density at radius 2 is 2.08 bits per heavy atom. The summed E-state index contributed by atoms with van der Waals surface area (Å²) in [5.41, 5.74) is 0.524. The van der Waals surface area contributed by atoms with E-state index in [0.29, 0.717) is 5.41 Å². The average Bonchev–Trinajstić information content (AvgIpc) is 2.53. The molecule has 1 atom stereocenters. The van der Waals surface area contributed by atoms with Crippen LogP contribution in [0.4, 0.5) is 0 Å². The summed E-state index contributed by atoms with van der Waals surface area (Å²) in [7, 11) is 0. The predicted molar refractivity (Wildman–Crippen MR) is 55.5 cm³/mol. The zero-order chi connectivity index (χ0) is 9.45. The fourth-order valence-electron chi connectivity index (χ4n) is 1.45. The second kappa shape index (κ2) is 6.44. The van der Waals surface area contributed by atoms with Gasteiger partial charge in [0.05, 0.1) is 0 Å². The molecule has 74 valence electrons. The summed E-state index contributed by atoms with van der Waals surface area (Å²) in [5.74, 6) is 0. The first kappa shape index (κ1) is 11.9. The molecule has 0 amide bonds. The molecule has 12 heavy (non-hydrogen) atoms. The summed E-state index contributed by atoms with van der Waals surface area (Å²) in [4.78, 5) is 0. The van der Waals surface area contributed by atoms with E-state index in [2.05, 4.69) is 24.5 Å². The summed E-state index contributed by atoms with van der Waals surface area (Å²) in [6, 6.07) is 0. The van der Waals surface area contributed by atoms with E-state index in [0.717, 1.165) is 13.1 Å². The van der Waals surface area contributed by atoms with Gasteiger partial charge in [-0.25, -0.2) is 0 Å². The molecule has 0 aromatic rings. The second-order valence-electron chi connectivity index (χ2n) is 3.52. The molecule has 1 aliphatic heterocycles. The van der Waals surface area contributed by atoms with Crippen molar-refractivity contribution in [2.75, 3.05) is 26.2 Å². The maximum atomic E-state index is 3.39. The van der Waals surface area contributed by atoms with Crippen molar-refractivity contribution in [3.8, 4) is 0 Å². The molecule has 1 heterocycles. The topological polar surface area (TPSA) is 24.1 Å². The third kappa shape index (κ3) is 4.07. The zero-order valence-electron chi connectivity index (χ0n) is 9.04. The average molecular weight is 172 g/mol. The third-order valence-electron chi connectivity index (χ3n) is 2.26. The smallest absolute Gasteiger partial charge is 0.00178 e. The van der Waals surface area contributed by atoms with Crippen molar-refractivity contribution in [3.63, 3.8) is 0 Å². The Morgan fingerprint density at radius 3 is 2.50 bits per heavy atom. The first-order valence-electron chi connectivity index (χ1n) is 5.18. The van der Waals surface area contributed by atoms with Crippen molar-refractivity contribution in [1.82, 2.24) is 10.6 Å². The van der Waals surface area contributed by atoms with Crippen LogP contribution in [0.2, 0.25) is 0 Å². The Hall–Kier alpha value is -0.0800. The fraction of sp³-hybridized carbons (Fsp3) is 1.00. The van der Waals surface area contributed by atoms with Gasteiger partial charge in [0, 0.05) is 13.1 Å². The van der Waals surface area contributed by atoms with Gasteiger partial charge >= 0.3 is 0 Å². The highest BCUT2D eigenvalue weighted by molar-refractivity contribution is 4.85. The van der Waals surface area contributed by atoms with E-state index in [1.165, 1.54) is 19.5 Å². The van der Waals surface area contributed by atoms with Crippen LogP contribution in [0.15, 0.2) is 0 Å². The van der Waals surface area contributed by atoms with Crippen LogP contribution in [-0.2, 0) is 0 Å². The molecule has 1 aliphatic rings. The molecule has 0 spiro atoms. The molecule has 1 rings (SSSR count). The van der Waals surface area contributed by atoms with E-state index in [4.69, 9.17) is 0 Å². The molecule has 0 aliphatic carbocycles. The summed E-state index contributed by atoms with van der Waals surface area (Å²) in [5, 5.41) is 6.77. The van der Waals surface area contributed by atoms with Crippen molar-refractivity contribution in [1.29, 1.82) is 0 Å². The molecule has 1 saturated heterocycles. The lowest BCUT2D eigenvalue weighted by molar-refractivity contribution is 0.344. The van der Waals surface area contributed by atoms with E-state index >= 15 is 0 Å². The summed E-state index contributed by atoms with van der Waals surface area (Å²) >= 11 is 0. The zero-order valence-corrected chi connectivity index (χ0v) is 9.04. The van der Waals surface area contributed by atoms with Gasteiger partial charge in [-0.2, -0.15) is 0 Å². The van der Waals surface area contributed by atoms with Gasteiger partial charge in [0.25, 0.3) is 0 Å². The first-order valence-corrected chi connectivity index (χ1v) is 5.18. The van der Waals surface area contributed by atoms with Crippen LogP contribution in [0.25, 0.3) is 0 Å². The highest BCUT2D eigenvalue weighted by Gasteiger charge is 2.27. The molecule has 2 nitrogen and oxygen atoms in total. The lowest BCUT2D eigenvalue weighted by Gasteiger charge is -2.22. The van der Waals surface area contributed by atoms with E-state index in [1.54, 1.807) is 0 Å². The highest BCUT2D eigenvalue weighted by Crippen LogP contribution is 2.22. The largest absolute Gasteiger partial charge is 0.316 e. The minimum absolute atomic E-state index is 0.524. The Balaban J connectivity index is 0.000000561. The number of rotatable bonds is 3.